The van der Waals surface area contributed by atoms with E-state index in [2.05, 4.69) is 51.3 Å². The van der Waals surface area contributed by atoms with Crippen molar-refractivity contribution in [2.45, 2.75) is 92.9 Å². The van der Waals surface area contributed by atoms with Crippen molar-refractivity contribution in [3.05, 3.63) is 59.7 Å². The molecule has 2 unspecified atom stereocenters. The van der Waals surface area contributed by atoms with Gasteiger partial charge in [0.05, 0.1) is 13.2 Å². The van der Waals surface area contributed by atoms with Crippen LogP contribution in [0.4, 0.5) is 0 Å². The summed E-state index contributed by atoms with van der Waals surface area (Å²) in [5, 5.41) is 0. The average molecular weight is 609 g/mol. The normalized spacial score (nSPS) is 12.8. The molecule has 0 saturated heterocycles. The second kappa shape index (κ2) is 21.9. The van der Waals surface area contributed by atoms with Gasteiger partial charge >= 0.3 is 0 Å². The molecule has 0 saturated carbocycles. The Balaban J connectivity index is 2.19. The Morgan fingerprint density at radius 3 is 1.18 bits per heavy atom. The Kier molecular flexibility index (Phi) is 18.7. The minimum atomic E-state index is -0.183. The zero-order chi connectivity index (χ0) is 32.2. The summed E-state index contributed by atoms with van der Waals surface area (Å²) in [6.07, 6.45) is 8.03. The second-order valence-corrected chi connectivity index (χ2v) is 11.8. The highest BCUT2D eigenvalue weighted by Gasteiger charge is 2.27. The molecule has 246 valence electrons. The zero-order valence-electron chi connectivity index (χ0n) is 28.6. The SMILES string of the molecule is CCCCCOc1ccc(C(=O)C(CCC(CN(CC)CC)C(=O)c2ccc(OCCCCC)cc2)CN(CC)CC)cc1. The summed E-state index contributed by atoms with van der Waals surface area (Å²) < 4.78 is 11.8. The van der Waals surface area contributed by atoms with E-state index >= 15 is 0 Å². The molecule has 0 aliphatic heterocycles. The van der Waals surface area contributed by atoms with Gasteiger partial charge in [0, 0.05) is 36.1 Å². The van der Waals surface area contributed by atoms with Crippen LogP contribution in [0.1, 0.15) is 114 Å². The van der Waals surface area contributed by atoms with Crippen molar-refractivity contribution in [2.24, 2.45) is 11.8 Å². The van der Waals surface area contributed by atoms with Crippen LogP contribution in [-0.4, -0.2) is 73.8 Å². The molecule has 0 aliphatic rings. The number of unbranched alkanes of at least 4 members (excludes halogenated alkanes) is 4. The molecule has 6 heteroatoms. The largest absolute Gasteiger partial charge is 0.494 e. The minimum Gasteiger partial charge on any atom is -0.494 e. The summed E-state index contributed by atoms with van der Waals surface area (Å²) in [6, 6.07) is 15.3. The molecule has 0 aliphatic carbocycles. The van der Waals surface area contributed by atoms with Gasteiger partial charge in [0.15, 0.2) is 11.6 Å². The summed E-state index contributed by atoms with van der Waals surface area (Å²) in [4.78, 5) is 32.4. The third kappa shape index (κ3) is 13.1. The topological polar surface area (TPSA) is 59.1 Å². The first-order chi connectivity index (χ1) is 21.4. The van der Waals surface area contributed by atoms with E-state index in [1.807, 2.05) is 48.5 Å². The van der Waals surface area contributed by atoms with Gasteiger partial charge < -0.3 is 19.3 Å². The Morgan fingerprint density at radius 2 is 0.886 bits per heavy atom. The molecule has 0 spiro atoms. The quantitative estimate of drug-likeness (QED) is 0.0831. The maximum Gasteiger partial charge on any atom is 0.167 e. The molecule has 0 N–H and O–H groups in total. The zero-order valence-corrected chi connectivity index (χ0v) is 28.6. The molecule has 2 aromatic carbocycles. The lowest BCUT2D eigenvalue weighted by Gasteiger charge is -2.28. The Labute approximate surface area is 268 Å². The smallest absolute Gasteiger partial charge is 0.167 e. The highest BCUT2D eigenvalue weighted by atomic mass is 16.5. The van der Waals surface area contributed by atoms with E-state index in [0.717, 1.165) is 76.2 Å². The maximum atomic E-state index is 13.9. The van der Waals surface area contributed by atoms with Crippen LogP contribution in [0, 0.1) is 11.8 Å². The first kappa shape index (κ1) is 37.5. The van der Waals surface area contributed by atoms with Crippen LogP contribution >= 0.6 is 0 Å². The van der Waals surface area contributed by atoms with E-state index in [9.17, 15) is 9.59 Å². The number of ketones is 2. The monoisotopic (exact) mass is 608 g/mol. The summed E-state index contributed by atoms with van der Waals surface area (Å²) in [5.41, 5.74) is 1.42. The van der Waals surface area contributed by atoms with Crippen molar-refractivity contribution in [1.29, 1.82) is 0 Å². The van der Waals surface area contributed by atoms with Crippen molar-refractivity contribution in [2.75, 3.05) is 52.5 Å². The molecule has 44 heavy (non-hydrogen) atoms. The average Bonchev–Trinajstić information content (AvgIpc) is 3.06. The number of hydrogen-bond donors (Lipinski definition) is 0. The van der Waals surface area contributed by atoms with E-state index in [0.29, 0.717) is 50.3 Å². The molecule has 6 nitrogen and oxygen atoms in total. The number of benzene rings is 2. The van der Waals surface area contributed by atoms with Crippen molar-refractivity contribution in [3.63, 3.8) is 0 Å². The van der Waals surface area contributed by atoms with Crippen LogP contribution in [-0.2, 0) is 0 Å². The van der Waals surface area contributed by atoms with Crippen LogP contribution in [0.2, 0.25) is 0 Å². The van der Waals surface area contributed by atoms with Crippen molar-refractivity contribution in [1.82, 2.24) is 9.80 Å². The van der Waals surface area contributed by atoms with Crippen molar-refractivity contribution in [3.8, 4) is 11.5 Å². The van der Waals surface area contributed by atoms with Crippen LogP contribution < -0.4 is 9.47 Å². The lowest BCUT2D eigenvalue weighted by atomic mass is 9.86. The fourth-order valence-corrected chi connectivity index (χ4v) is 5.59. The standard InChI is InChI=1S/C38H60N2O4/c1-7-13-15-27-43-35-23-19-31(20-24-35)37(41)33(29-39(9-3)10-4)17-18-34(30-40(11-5)12-6)38(42)32-21-25-36(26-22-32)44-28-16-14-8-2/h19-26,33-34H,7-18,27-30H2,1-6H3. The van der Waals surface area contributed by atoms with E-state index < -0.39 is 0 Å². The molecule has 0 bridgehead atoms. The number of rotatable bonds is 25. The second-order valence-electron chi connectivity index (χ2n) is 11.8. The highest BCUT2D eigenvalue weighted by Crippen LogP contribution is 2.25. The number of hydrogen-bond acceptors (Lipinski definition) is 6. The molecule has 0 radical (unpaired) electrons. The number of nitrogens with zero attached hydrogens (tertiary/aromatic N) is 2. The van der Waals surface area contributed by atoms with Gasteiger partial charge in [0.1, 0.15) is 11.5 Å². The number of Topliss-reactive ketones (excluding diaryl/α,β-unsaturated/α-hetero) is 2. The first-order valence-corrected chi connectivity index (χ1v) is 17.4. The van der Waals surface area contributed by atoms with Crippen LogP contribution in [0.5, 0.6) is 11.5 Å². The fourth-order valence-electron chi connectivity index (χ4n) is 5.59. The van der Waals surface area contributed by atoms with Crippen LogP contribution in [0.3, 0.4) is 0 Å². The first-order valence-electron chi connectivity index (χ1n) is 17.4. The van der Waals surface area contributed by atoms with Gasteiger partial charge in [0.25, 0.3) is 0 Å². The summed E-state index contributed by atoms with van der Waals surface area (Å²) in [7, 11) is 0. The van der Waals surface area contributed by atoms with Gasteiger partial charge in [-0.15, -0.1) is 0 Å². The molecule has 0 fully saturated rings. The third-order valence-electron chi connectivity index (χ3n) is 8.66. The summed E-state index contributed by atoms with van der Waals surface area (Å²) in [6.45, 7) is 19.2. The predicted molar refractivity (Wildman–Crippen MR) is 183 cm³/mol. The molecular weight excluding hydrogens is 548 g/mol. The van der Waals surface area contributed by atoms with E-state index in [1.54, 1.807) is 0 Å². The summed E-state index contributed by atoms with van der Waals surface area (Å²) in [5.74, 6) is 1.54. The number of carbonyl (C=O) groups is 2. The van der Waals surface area contributed by atoms with Gasteiger partial charge in [-0.2, -0.15) is 0 Å². The van der Waals surface area contributed by atoms with Gasteiger partial charge in [-0.25, -0.2) is 0 Å². The van der Waals surface area contributed by atoms with Gasteiger partial charge in [0.2, 0.25) is 0 Å². The van der Waals surface area contributed by atoms with Crippen molar-refractivity contribution >= 4 is 11.6 Å². The Hall–Kier alpha value is -2.70. The lowest BCUT2D eigenvalue weighted by Crippen LogP contribution is -2.36. The predicted octanol–water partition coefficient (Wildman–Crippen LogP) is 8.59. The van der Waals surface area contributed by atoms with Gasteiger partial charge in [-0.05, 0) is 100 Å². The third-order valence-corrected chi connectivity index (χ3v) is 8.66. The molecule has 2 aromatic rings. The van der Waals surface area contributed by atoms with Crippen molar-refractivity contribution < 1.29 is 19.1 Å². The molecular formula is C38H60N2O4. The Bertz CT molecular complexity index is 960. The van der Waals surface area contributed by atoms with Crippen LogP contribution in [0.25, 0.3) is 0 Å². The van der Waals surface area contributed by atoms with Gasteiger partial charge in [-0.3, -0.25) is 9.59 Å². The molecule has 2 atom stereocenters. The van der Waals surface area contributed by atoms with Crippen LogP contribution in [0.15, 0.2) is 48.5 Å². The maximum absolute atomic E-state index is 13.9. The number of ether oxygens (including phenoxy) is 2. The number of carbonyl (C=O) groups excluding carboxylic acids is 2. The lowest BCUT2D eigenvalue weighted by molar-refractivity contribution is 0.0815. The molecule has 0 amide bonds. The Morgan fingerprint density at radius 1 is 0.545 bits per heavy atom. The van der Waals surface area contributed by atoms with E-state index in [1.165, 1.54) is 0 Å². The minimum absolute atomic E-state index is 0.146. The fraction of sp³-hybridized carbons (Fsp3) is 0.632. The van der Waals surface area contributed by atoms with E-state index in [4.69, 9.17) is 9.47 Å². The van der Waals surface area contributed by atoms with Gasteiger partial charge in [-0.1, -0.05) is 67.2 Å². The molecule has 0 aromatic heterocycles. The summed E-state index contributed by atoms with van der Waals surface area (Å²) >= 11 is 0. The molecule has 2 rings (SSSR count). The molecule has 0 heterocycles. The van der Waals surface area contributed by atoms with E-state index in [-0.39, 0.29) is 23.4 Å². The highest BCUT2D eigenvalue weighted by molar-refractivity contribution is 5.99.